The largest absolute Gasteiger partial charge is 0.497 e. The van der Waals surface area contributed by atoms with Crippen molar-refractivity contribution in [1.29, 1.82) is 0 Å². The van der Waals surface area contributed by atoms with E-state index in [1.165, 1.54) is 7.11 Å². The number of rotatable bonds is 13. The highest BCUT2D eigenvalue weighted by atomic mass is 16.6. The van der Waals surface area contributed by atoms with Gasteiger partial charge in [0.15, 0.2) is 5.84 Å². The summed E-state index contributed by atoms with van der Waals surface area (Å²) in [7, 11) is 6.45. The number of ether oxygens (including phenoxy) is 3. The Morgan fingerprint density at radius 2 is 1.53 bits per heavy atom. The van der Waals surface area contributed by atoms with Crippen molar-refractivity contribution in [3.63, 3.8) is 0 Å². The molecule has 0 saturated heterocycles. The lowest BCUT2D eigenvalue weighted by Crippen LogP contribution is -2.59. The maximum Gasteiger partial charge on any atom is 0.407 e. The first kappa shape index (κ1) is 38.8. The second-order valence-corrected chi connectivity index (χ2v) is 14.0. The normalized spacial score (nSPS) is 15.2. The van der Waals surface area contributed by atoms with E-state index in [4.69, 9.17) is 14.2 Å². The molecule has 1 aliphatic heterocycles. The Morgan fingerprint density at radius 1 is 0.918 bits per heavy atom. The van der Waals surface area contributed by atoms with Crippen molar-refractivity contribution in [2.45, 2.75) is 78.3 Å². The highest BCUT2D eigenvalue weighted by Crippen LogP contribution is 2.21. The van der Waals surface area contributed by atoms with Crippen molar-refractivity contribution in [3.05, 3.63) is 65.2 Å². The third-order valence-electron chi connectivity index (χ3n) is 7.48. The van der Waals surface area contributed by atoms with Gasteiger partial charge >= 0.3 is 12.2 Å². The summed E-state index contributed by atoms with van der Waals surface area (Å²) < 4.78 is 15.5. The molecule has 5 N–H and O–H groups in total. The molecule has 3 atom stereocenters. The number of hydrogen-bond acceptors (Lipinski definition) is 12. The van der Waals surface area contributed by atoms with Crippen LogP contribution in [0.2, 0.25) is 0 Å². The second kappa shape index (κ2) is 16.7. The van der Waals surface area contributed by atoms with E-state index in [9.17, 15) is 19.5 Å². The van der Waals surface area contributed by atoms with Gasteiger partial charge in [0.25, 0.3) is 5.91 Å². The van der Waals surface area contributed by atoms with Crippen LogP contribution in [0.15, 0.2) is 53.6 Å². The fraction of sp³-hybridized carbons (Fsp3) is 0.529. The SMILES string of the molecule is COC(=O)NC(C(=O)NN(Cc1ccc(C2=NN(C)NN2C)cc1)C[C@H](O)[C@H](Cc1ccc(OC)cc1)NC(=O)OC(C)(C)C)C(C)(C)C. The van der Waals surface area contributed by atoms with Gasteiger partial charge in [-0.15, -0.1) is 10.6 Å². The molecule has 2 aromatic carbocycles. The number of carbonyl (C=O) groups is 3. The summed E-state index contributed by atoms with van der Waals surface area (Å²) in [6.45, 7) is 10.8. The summed E-state index contributed by atoms with van der Waals surface area (Å²) in [4.78, 5) is 38.8. The molecular formula is C34H52N8O7. The fourth-order valence-corrected chi connectivity index (χ4v) is 5.06. The van der Waals surface area contributed by atoms with Gasteiger partial charge in [0.1, 0.15) is 17.4 Å². The molecule has 15 heteroatoms. The number of alkyl carbamates (subject to hydrolysis) is 2. The van der Waals surface area contributed by atoms with E-state index in [0.29, 0.717) is 5.75 Å². The summed E-state index contributed by atoms with van der Waals surface area (Å²) in [6, 6.07) is 13.1. The van der Waals surface area contributed by atoms with E-state index in [1.807, 2.05) is 64.2 Å². The topological polar surface area (TPSA) is 169 Å². The first-order valence-electron chi connectivity index (χ1n) is 16.0. The molecule has 3 rings (SSSR count). The molecular weight excluding hydrogens is 632 g/mol. The maximum absolute atomic E-state index is 13.7. The van der Waals surface area contributed by atoms with Crippen LogP contribution < -0.4 is 26.3 Å². The van der Waals surface area contributed by atoms with Gasteiger partial charge in [0.2, 0.25) is 0 Å². The number of aliphatic hydroxyl groups excluding tert-OH is 1. The highest BCUT2D eigenvalue weighted by molar-refractivity contribution is 5.98. The zero-order valence-electron chi connectivity index (χ0n) is 30.2. The second-order valence-electron chi connectivity index (χ2n) is 14.0. The number of amides is 3. The molecule has 270 valence electrons. The summed E-state index contributed by atoms with van der Waals surface area (Å²) in [5.41, 5.74) is 7.02. The van der Waals surface area contributed by atoms with Crippen LogP contribution in [0.3, 0.4) is 0 Å². The van der Waals surface area contributed by atoms with Crippen LogP contribution in [0, 0.1) is 5.41 Å². The Labute approximate surface area is 288 Å². The summed E-state index contributed by atoms with van der Waals surface area (Å²) in [5, 5.41) is 26.5. The lowest BCUT2D eigenvalue weighted by atomic mass is 9.86. The van der Waals surface area contributed by atoms with E-state index in [2.05, 4.69) is 26.7 Å². The van der Waals surface area contributed by atoms with Gasteiger partial charge in [-0.3, -0.25) is 15.2 Å². The van der Waals surface area contributed by atoms with Gasteiger partial charge in [0, 0.05) is 32.7 Å². The van der Waals surface area contributed by atoms with E-state index in [1.54, 1.807) is 62.2 Å². The van der Waals surface area contributed by atoms with E-state index in [0.717, 1.165) is 22.5 Å². The molecule has 1 unspecified atom stereocenters. The van der Waals surface area contributed by atoms with Gasteiger partial charge in [-0.25, -0.2) is 19.7 Å². The number of hydrazine groups is 3. The first-order chi connectivity index (χ1) is 22.9. The lowest BCUT2D eigenvalue weighted by Gasteiger charge is -2.34. The number of hydrazone groups is 1. The third kappa shape index (κ3) is 12.1. The van der Waals surface area contributed by atoms with Gasteiger partial charge < -0.3 is 30.0 Å². The molecule has 0 aliphatic carbocycles. The number of amidine groups is 1. The third-order valence-corrected chi connectivity index (χ3v) is 7.48. The first-order valence-corrected chi connectivity index (χ1v) is 16.0. The molecule has 0 spiro atoms. The van der Waals surface area contributed by atoms with Crippen molar-refractivity contribution in [2.75, 3.05) is 34.9 Å². The predicted octanol–water partition coefficient (Wildman–Crippen LogP) is 2.75. The molecule has 0 bridgehead atoms. The van der Waals surface area contributed by atoms with Crippen molar-refractivity contribution >= 4 is 23.9 Å². The van der Waals surface area contributed by atoms with Crippen LogP contribution in [0.4, 0.5) is 9.59 Å². The molecule has 2 aromatic rings. The summed E-state index contributed by atoms with van der Waals surface area (Å²) in [6.07, 6.45) is -2.36. The monoisotopic (exact) mass is 684 g/mol. The number of benzene rings is 2. The molecule has 1 aliphatic rings. The van der Waals surface area contributed by atoms with Gasteiger partial charge in [-0.05, 0) is 55.9 Å². The molecule has 1 heterocycles. The lowest BCUT2D eigenvalue weighted by molar-refractivity contribution is -0.131. The quantitative estimate of drug-likeness (QED) is 0.197. The number of methoxy groups -OCH3 is 2. The zero-order chi connectivity index (χ0) is 36.5. The van der Waals surface area contributed by atoms with Crippen LogP contribution in [0.1, 0.15) is 58.2 Å². The average molecular weight is 685 g/mol. The number of aliphatic hydroxyl groups is 1. The standard InChI is InChI=1S/C34H52N8O7/c1-33(2,3)28(36-31(45)48-10)30(44)38-42(20-23-11-15-24(16-12-23)29-37-41(8)39-40(29)7)21-27(43)26(35-32(46)49-34(4,5)6)19-22-13-17-25(47-9)18-14-22/h11-18,26-28,39,43H,19-21H2,1-10H3,(H,35,46)(H,36,45)(H,38,44)/t26-,27-,28?/m0/s1. The van der Waals surface area contributed by atoms with Gasteiger partial charge in [-0.2, -0.15) is 0 Å². The Bertz CT molecular complexity index is 1440. The van der Waals surface area contributed by atoms with Gasteiger partial charge in [0.05, 0.1) is 26.4 Å². The number of carbonyl (C=O) groups excluding carboxylic acids is 3. The minimum Gasteiger partial charge on any atom is -0.497 e. The molecule has 3 amide bonds. The van der Waals surface area contributed by atoms with E-state index in [-0.39, 0.29) is 19.5 Å². The number of nitrogens with one attached hydrogen (secondary N) is 4. The van der Waals surface area contributed by atoms with Crippen LogP contribution in [0.25, 0.3) is 0 Å². The van der Waals surface area contributed by atoms with Crippen LogP contribution in [-0.4, -0.2) is 103 Å². The molecule has 49 heavy (non-hydrogen) atoms. The van der Waals surface area contributed by atoms with Crippen molar-refractivity contribution in [1.82, 2.24) is 36.7 Å². The van der Waals surface area contributed by atoms with Crippen LogP contribution >= 0.6 is 0 Å². The molecule has 0 radical (unpaired) electrons. The number of nitrogens with zero attached hydrogens (tertiary/aromatic N) is 4. The Hall–Kier alpha value is -4.60. The Balaban J connectivity index is 1.91. The van der Waals surface area contributed by atoms with Crippen molar-refractivity contribution in [2.24, 2.45) is 10.5 Å². The zero-order valence-corrected chi connectivity index (χ0v) is 30.2. The predicted molar refractivity (Wildman–Crippen MR) is 185 cm³/mol. The summed E-state index contributed by atoms with van der Waals surface area (Å²) in [5.74, 6) is 0.889. The minimum absolute atomic E-state index is 0.0939. The molecule has 0 fully saturated rings. The minimum atomic E-state index is -1.18. The van der Waals surface area contributed by atoms with Crippen molar-refractivity contribution < 1.29 is 33.7 Å². The Kier molecular flexibility index (Phi) is 13.2. The molecule has 0 aromatic heterocycles. The van der Waals surface area contributed by atoms with E-state index >= 15 is 0 Å². The molecule has 15 nitrogen and oxygen atoms in total. The Morgan fingerprint density at radius 3 is 2.04 bits per heavy atom. The summed E-state index contributed by atoms with van der Waals surface area (Å²) >= 11 is 0. The van der Waals surface area contributed by atoms with Crippen LogP contribution in [-0.2, 0) is 27.2 Å². The van der Waals surface area contributed by atoms with Crippen LogP contribution in [0.5, 0.6) is 5.75 Å². The maximum atomic E-state index is 13.7. The van der Waals surface area contributed by atoms with Gasteiger partial charge in [-0.1, -0.05) is 57.2 Å². The smallest absolute Gasteiger partial charge is 0.407 e. The van der Waals surface area contributed by atoms with E-state index < -0.39 is 47.3 Å². The molecule has 0 saturated carbocycles. The highest BCUT2D eigenvalue weighted by Gasteiger charge is 2.35. The van der Waals surface area contributed by atoms with Crippen molar-refractivity contribution in [3.8, 4) is 5.75 Å². The number of hydrogen-bond donors (Lipinski definition) is 5. The fourth-order valence-electron chi connectivity index (χ4n) is 5.06. The average Bonchev–Trinajstić information content (AvgIpc) is 3.35.